The summed E-state index contributed by atoms with van der Waals surface area (Å²) >= 11 is 0. The number of hydrogen-bond donors (Lipinski definition) is 3. The van der Waals surface area contributed by atoms with Crippen LogP contribution in [0, 0.1) is 47.4 Å². The van der Waals surface area contributed by atoms with Gasteiger partial charge in [-0.25, -0.2) is 0 Å². The SMILES string of the molecule is Nc1cc(C(=O)Nc2cc(C#Cc3ccccc3)cc(C#Cc3ccccc3)c2)cc(C(=O)Nc2cc(C#Cc3ccccc3)cc(C#Cc3ccccc3)c2)c1. The molecule has 0 unspecified atom stereocenters. The summed E-state index contributed by atoms with van der Waals surface area (Å²) in [5, 5.41) is 5.91. The number of hydrogen-bond acceptors (Lipinski definition) is 3. The van der Waals surface area contributed by atoms with E-state index in [1.807, 2.05) is 133 Å². The number of amides is 2. The van der Waals surface area contributed by atoms with Crippen molar-refractivity contribution in [3.05, 3.63) is 232 Å². The van der Waals surface area contributed by atoms with Gasteiger partial charge in [0.25, 0.3) is 11.8 Å². The van der Waals surface area contributed by atoms with Crippen molar-refractivity contribution in [3.8, 4) is 47.4 Å². The first kappa shape index (κ1) is 36.9. The molecule has 0 heterocycles. The zero-order chi connectivity index (χ0) is 39.2. The first-order valence-electron chi connectivity index (χ1n) is 18.0. The summed E-state index contributed by atoms with van der Waals surface area (Å²) < 4.78 is 0. The van der Waals surface area contributed by atoms with Gasteiger partial charge >= 0.3 is 0 Å². The maximum absolute atomic E-state index is 13.7. The molecule has 0 radical (unpaired) electrons. The molecule has 0 aliphatic carbocycles. The van der Waals surface area contributed by atoms with Crippen LogP contribution in [0.2, 0.25) is 0 Å². The van der Waals surface area contributed by atoms with Crippen LogP contribution in [-0.2, 0) is 0 Å². The van der Waals surface area contributed by atoms with Crippen LogP contribution in [0.25, 0.3) is 0 Å². The van der Waals surface area contributed by atoms with Gasteiger partial charge in [-0.05, 0) is 103 Å². The highest BCUT2D eigenvalue weighted by Crippen LogP contribution is 2.21. The zero-order valence-corrected chi connectivity index (χ0v) is 30.6. The summed E-state index contributed by atoms with van der Waals surface area (Å²) in [6, 6.07) is 54.0. The Balaban J connectivity index is 1.15. The van der Waals surface area contributed by atoms with E-state index in [0.717, 1.165) is 22.3 Å². The first-order chi connectivity index (χ1) is 27.9. The Morgan fingerprint density at radius 1 is 0.333 bits per heavy atom. The highest BCUT2D eigenvalue weighted by Gasteiger charge is 2.14. The van der Waals surface area contributed by atoms with Crippen molar-refractivity contribution >= 4 is 28.9 Å². The molecule has 7 rings (SSSR count). The molecular weight excluding hydrogens is 699 g/mol. The average molecular weight is 732 g/mol. The number of nitrogen functional groups attached to an aromatic ring is 1. The Kier molecular flexibility index (Phi) is 11.7. The van der Waals surface area contributed by atoms with Crippen LogP contribution in [0.15, 0.2) is 176 Å². The first-order valence-corrected chi connectivity index (χ1v) is 18.0. The molecule has 57 heavy (non-hydrogen) atoms. The summed E-state index contributed by atoms with van der Waals surface area (Å²) in [6.45, 7) is 0. The number of anilines is 3. The van der Waals surface area contributed by atoms with Crippen LogP contribution in [0.5, 0.6) is 0 Å². The molecule has 0 spiro atoms. The lowest BCUT2D eigenvalue weighted by molar-refractivity contribution is 0.102. The van der Waals surface area contributed by atoms with E-state index in [2.05, 4.69) is 58.0 Å². The third-order valence-corrected chi connectivity index (χ3v) is 8.36. The Bertz CT molecular complexity index is 2490. The summed E-state index contributed by atoms with van der Waals surface area (Å²) in [5.74, 6) is 24.5. The molecule has 7 aromatic rings. The second-order valence-corrected chi connectivity index (χ2v) is 12.8. The standard InChI is InChI=1S/C52H33N3O2/c53-48-36-46(51(56)54-49-31-42(25-21-38-13-5-1-6-14-38)29-43(32-49)26-22-39-15-7-2-8-16-39)35-47(37-48)52(57)55-50-33-44(27-23-40-17-9-3-10-18-40)30-45(34-50)28-24-41-19-11-4-12-20-41/h1-20,29-37H,53H2,(H,54,56)(H,55,57). The van der Waals surface area contributed by atoms with Gasteiger partial charge < -0.3 is 16.4 Å². The molecule has 0 aliphatic rings. The number of carbonyl (C=O) groups excluding carboxylic acids is 2. The van der Waals surface area contributed by atoms with Gasteiger partial charge in [0.15, 0.2) is 0 Å². The second-order valence-electron chi connectivity index (χ2n) is 12.8. The minimum absolute atomic E-state index is 0.203. The van der Waals surface area contributed by atoms with Crippen molar-refractivity contribution < 1.29 is 9.59 Å². The fourth-order valence-electron chi connectivity index (χ4n) is 5.67. The summed E-state index contributed by atoms with van der Waals surface area (Å²) in [4.78, 5) is 27.5. The number of rotatable bonds is 4. The molecule has 4 N–H and O–H groups in total. The molecule has 268 valence electrons. The zero-order valence-electron chi connectivity index (χ0n) is 30.6. The Morgan fingerprint density at radius 2 is 0.596 bits per heavy atom. The molecule has 0 saturated carbocycles. The molecule has 7 aromatic carbocycles. The Morgan fingerprint density at radius 3 is 0.877 bits per heavy atom. The van der Waals surface area contributed by atoms with Gasteiger partial charge in [-0.1, -0.05) is 120 Å². The van der Waals surface area contributed by atoms with E-state index in [1.165, 1.54) is 18.2 Å². The second kappa shape index (κ2) is 18.0. The molecule has 0 aliphatic heterocycles. The summed E-state index contributed by atoms with van der Waals surface area (Å²) in [5.41, 5.74) is 14.0. The van der Waals surface area contributed by atoms with Crippen molar-refractivity contribution in [1.82, 2.24) is 0 Å². The third kappa shape index (κ3) is 10.8. The van der Waals surface area contributed by atoms with E-state index in [4.69, 9.17) is 5.73 Å². The van der Waals surface area contributed by atoms with Gasteiger partial charge in [-0.3, -0.25) is 9.59 Å². The van der Waals surface area contributed by atoms with Crippen LogP contribution < -0.4 is 16.4 Å². The predicted octanol–water partition coefficient (Wildman–Crippen LogP) is 9.37. The van der Waals surface area contributed by atoms with E-state index in [1.54, 1.807) is 24.3 Å². The normalized spacial score (nSPS) is 9.75. The van der Waals surface area contributed by atoms with Crippen molar-refractivity contribution in [2.45, 2.75) is 0 Å². The van der Waals surface area contributed by atoms with Crippen LogP contribution >= 0.6 is 0 Å². The fourth-order valence-corrected chi connectivity index (χ4v) is 5.67. The summed E-state index contributed by atoms with van der Waals surface area (Å²) in [7, 11) is 0. The monoisotopic (exact) mass is 731 g/mol. The van der Waals surface area contributed by atoms with Crippen LogP contribution in [0.4, 0.5) is 17.1 Å². The van der Waals surface area contributed by atoms with E-state index in [0.29, 0.717) is 33.6 Å². The Labute approximate surface area is 332 Å². The van der Waals surface area contributed by atoms with Crippen molar-refractivity contribution in [1.29, 1.82) is 0 Å². The minimum Gasteiger partial charge on any atom is -0.399 e. The van der Waals surface area contributed by atoms with E-state index >= 15 is 0 Å². The van der Waals surface area contributed by atoms with Gasteiger partial charge in [-0.15, -0.1) is 0 Å². The molecule has 2 amide bonds. The van der Waals surface area contributed by atoms with Crippen LogP contribution in [-0.4, -0.2) is 11.8 Å². The molecule has 0 bridgehead atoms. The van der Waals surface area contributed by atoms with Gasteiger partial charge in [0.05, 0.1) is 0 Å². The van der Waals surface area contributed by atoms with Gasteiger partial charge in [0.2, 0.25) is 0 Å². The number of nitrogens with one attached hydrogen (secondary N) is 2. The van der Waals surface area contributed by atoms with E-state index < -0.39 is 11.8 Å². The minimum atomic E-state index is -0.455. The fraction of sp³-hybridized carbons (Fsp3) is 0. The lowest BCUT2D eigenvalue weighted by Crippen LogP contribution is -2.16. The third-order valence-electron chi connectivity index (χ3n) is 8.36. The molecule has 0 atom stereocenters. The van der Waals surface area contributed by atoms with Crippen molar-refractivity contribution in [2.24, 2.45) is 0 Å². The lowest BCUT2D eigenvalue weighted by atomic mass is 10.1. The van der Waals surface area contributed by atoms with Gasteiger partial charge in [-0.2, -0.15) is 0 Å². The highest BCUT2D eigenvalue weighted by molar-refractivity contribution is 6.09. The number of nitrogens with two attached hydrogens (primary N) is 1. The smallest absolute Gasteiger partial charge is 0.255 e. The summed E-state index contributed by atoms with van der Waals surface area (Å²) in [6.07, 6.45) is 0. The molecule has 5 heteroatoms. The van der Waals surface area contributed by atoms with E-state index in [9.17, 15) is 9.59 Å². The van der Waals surface area contributed by atoms with E-state index in [-0.39, 0.29) is 16.8 Å². The number of carbonyl (C=O) groups is 2. The molecule has 0 fully saturated rings. The van der Waals surface area contributed by atoms with Crippen molar-refractivity contribution in [3.63, 3.8) is 0 Å². The Hall–Kier alpha value is -8.48. The molecule has 0 aromatic heterocycles. The number of benzene rings is 7. The van der Waals surface area contributed by atoms with Crippen LogP contribution in [0.3, 0.4) is 0 Å². The van der Waals surface area contributed by atoms with Gasteiger partial charge in [0, 0.05) is 72.7 Å². The highest BCUT2D eigenvalue weighted by atomic mass is 16.2. The van der Waals surface area contributed by atoms with Gasteiger partial charge in [0.1, 0.15) is 0 Å². The molecular formula is C52H33N3O2. The van der Waals surface area contributed by atoms with Crippen LogP contribution in [0.1, 0.15) is 65.2 Å². The topological polar surface area (TPSA) is 84.2 Å². The average Bonchev–Trinajstić information content (AvgIpc) is 3.24. The molecule has 0 saturated heterocycles. The largest absolute Gasteiger partial charge is 0.399 e. The van der Waals surface area contributed by atoms with Crippen molar-refractivity contribution in [2.75, 3.05) is 16.4 Å². The molecule has 5 nitrogen and oxygen atoms in total. The predicted molar refractivity (Wildman–Crippen MR) is 229 cm³/mol. The maximum atomic E-state index is 13.7. The maximum Gasteiger partial charge on any atom is 0.255 e. The lowest BCUT2D eigenvalue weighted by Gasteiger charge is -2.11. The quantitative estimate of drug-likeness (QED) is 0.125.